The summed E-state index contributed by atoms with van der Waals surface area (Å²) in [7, 11) is 0. The molecule has 1 aromatic carbocycles. The van der Waals surface area contributed by atoms with E-state index in [0.29, 0.717) is 11.6 Å². The van der Waals surface area contributed by atoms with Crippen LogP contribution < -0.4 is 5.32 Å². The quantitative estimate of drug-likeness (QED) is 0.858. The van der Waals surface area contributed by atoms with E-state index < -0.39 is 11.7 Å². The number of benzene rings is 1. The first kappa shape index (κ1) is 15.4. The molecule has 0 bridgehead atoms. The Kier molecular flexibility index (Phi) is 4.43. The molecule has 112 valence electrons. The van der Waals surface area contributed by atoms with Crippen molar-refractivity contribution in [3.8, 4) is 0 Å². The van der Waals surface area contributed by atoms with E-state index in [1.54, 1.807) is 12.1 Å². The number of halogens is 3. The molecule has 0 heterocycles. The molecule has 2 atom stereocenters. The summed E-state index contributed by atoms with van der Waals surface area (Å²) >= 11 is 0. The van der Waals surface area contributed by atoms with Gasteiger partial charge in [0.15, 0.2) is 0 Å². The van der Waals surface area contributed by atoms with E-state index in [4.69, 9.17) is 0 Å². The maximum atomic E-state index is 13.2. The molecule has 1 N–H and O–H groups in total. The van der Waals surface area contributed by atoms with Crippen molar-refractivity contribution >= 4 is 0 Å². The van der Waals surface area contributed by atoms with Gasteiger partial charge in [0.05, 0.1) is 5.56 Å². The van der Waals surface area contributed by atoms with Gasteiger partial charge in [0, 0.05) is 6.04 Å². The summed E-state index contributed by atoms with van der Waals surface area (Å²) in [5, 5.41) is 3.43. The Labute approximate surface area is 118 Å². The monoisotopic (exact) mass is 285 g/mol. The van der Waals surface area contributed by atoms with Crippen molar-refractivity contribution in [3.63, 3.8) is 0 Å². The van der Waals surface area contributed by atoms with E-state index in [-0.39, 0.29) is 5.41 Å². The molecule has 0 saturated heterocycles. The first-order chi connectivity index (χ1) is 9.37. The molecule has 0 aliphatic heterocycles. The van der Waals surface area contributed by atoms with Crippen LogP contribution in [-0.2, 0) is 11.6 Å². The summed E-state index contributed by atoms with van der Waals surface area (Å²) in [4.78, 5) is 0. The third kappa shape index (κ3) is 3.17. The zero-order valence-corrected chi connectivity index (χ0v) is 12.1. The highest BCUT2D eigenvalue weighted by Gasteiger charge is 2.42. The molecule has 1 aliphatic rings. The van der Waals surface area contributed by atoms with Crippen LogP contribution in [0.5, 0.6) is 0 Å². The maximum absolute atomic E-state index is 13.2. The van der Waals surface area contributed by atoms with Crippen LogP contribution in [0, 0.1) is 0 Å². The predicted molar refractivity (Wildman–Crippen MR) is 74.7 cm³/mol. The predicted octanol–water partition coefficient (Wildman–Crippen LogP) is 4.52. The van der Waals surface area contributed by atoms with Crippen LogP contribution in [0.4, 0.5) is 13.2 Å². The second kappa shape index (κ2) is 5.76. The van der Waals surface area contributed by atoms with Crippen molar-refractivity contribution in [2.24, 2.45) is 0 Å². The Hall–Kier alpha value is -1.03. The van der Waals surface area contributed by atoms with Crippen LogP contribution in [0.2, 0.25) is 0 Å². The average Bonchev–Trinajstić information content (AvgIpc) is 2.78. The van der Waals surface area contributed by atoms with Crippen molar-refractivity contribution in [3.05, 3.63) is 35.4 Å². The number of hydrogen-bond donors (Lipinski definition) is 1. The third-order valence-corrected chi connectivity index (χ3v) is 4.31. The van der Waals surface area contributed by atoms with Crippen molar-refractivity contribution in [2.75, 3.05) is 6.54 Å². The molecule has 0 spiro atoms. The van der Waals surface area contributed by atoms with Gasteiger partial charge in [-0.25, -0.2) is 0 Å². The van der Waals surface area contributed by atoms with Crippen LogP contribution in [0.15, 0.2) is 24.3 Å². The minimum atomic E-state index is -4.27. The first-order valence-corrected chi connectivity index (χ1v) is 7.27. The molecular weight excluding hydrogens is 263 g/mol. The van der Waals surface area contributed by atoms with Gasteiger partial charge in [-0.1, -0.05) is 32.0 Å². The van der Waals surface area contributed by atoms with Crippen LogP contribution in [0.25, 0.3) is 0 Å². The number of nitrogens with one attached hydrogen (secondary N) is 1. The van der Waals surface area contributed by atoms with Gasteiger partial charge in [0.2, 0.25) is 0 Å². The Morgan fingerprint density at radius 1 is 1.30 bits per heavy atom. The van der Waals surface area contributed by atoms with Gasteiger partial charge < -0.3 is 5.32 Å². The highest BCUT2D eigenvalue weighted by atomic mass is 19.4. The summed E-state index contributed by atoms with van der Waals surface area (Å²) in [5.74, 6) is 0. The highest BCUT2D eigenvalue weighted by Crippen LogP contribution is 2.45. The number of alkyl halides is 3. The molecule has 2 unspecified atom stereocenters. The largest absolute Gasteiger partial charge is 0.416 e. The van der Waals surface area contributed by atoms with E-state index in [1.165, 1.54) is 12.1 Å². The molecule has 1 aliphatic carbocycles. The smallest absolute Gasteiger partial charge is 0.314 e. The lowest BCUT2D eigenvalue weighted by Crippen LogP contribution is -2.30. The van der Waals surface area contributed by atoms with E-state index in [0.717, 1.165) is 32.2 Å². The molecule has 1 saturated carbocycles. The van der Waals surface area contributed by atoms with Gasteiger partial charge >= 0.3 is 6.18 Å². The normalized spacial score (nSPS) is 26.9. The van der Waals surface area contributed by atoms with E-state index >= 15 is 0 Å². The fourth-order valence-electron chi connectivity index (χ4n) is 3.26. The summed E-state index contributed by atoms with van der Waals surface area (Å²) in [6.07, 6.45) is -0.689. The lowest BCUT2D eigenvalue weighted by molar-refractivity contribution is -0.138. The summed E-state index contributed by atoms with van der Waals surface area (Å²) in [6, 6.07) is 6.36. The Bertz CT molecular complexity index is 455. The second-order valence-corrected chi connectivity index (χ2v) is 6.00. The van der Waals surface area contributed by atoms with Gasteiger partial charge in [-0.2, -0.15) is 13.2 Å². The minimum Gasteiger partial charge on any atom is -0.314 e. The van der Waals surface area contributed by atoms with Crippen molar-refractivity contribution in [2.45, 2.75) is 57.2 Å². The van der Waals surface area contributed by atoms with Crippen LogP contribution >= 0.6 is 0 Å². The molecule has 0 aromatic heterocycles. The third-order valence-electron chi connectivity index (χ3n) is 4.31. The van der Waals surface area contributed by atoms with Gasteiger partial charge in [-0.05, 0) is 49.3 Å². The minimum absolute atomic E-state index is 0.334. The second-order valence-electron chi connectivity index (χ2n) is 6.00. The fraction of sp³-hybridized carbons (Fsp3) is 0.625. The lowest BCUT2D eigenvalue weighted by Gasteiger charge is -2.28. The van der Waals surface area contributed by atoms with Gasteiger partial charge in [-0.3, -0.25) is 0 Å². The van der Waals surface area contributed by atoms with Gasteiger partial charge in [-0.15, -0.1) is 0 Å². The highest BCUT2D eigenvalue weighted by molar-refractivity contribution is 5.37. The average molecular weight is 285 g/mol. The van der Waals surface area contributed by atoms with E-state index in [1.807, 2.05) is 6.92 Å². The maximum Gasteiger partial charge on any atom is 0.416 e. The van der Waals surface area contributed by atoms with E-state index in [2.05, 4.69) is 12.2 Å². The number of rotatable bonds is 4. The molecule has 1 fully saturated rings. The lowest BCUT2D eigenvalue weighted by atomic mass is 9.78. The molecule has 0 radical (unpaired) electrons. The van der Waals surface area contributed by atoms with Crippen LogP contribution in [-0.4, -0.2) is 12.6 Å². The van der Waals surface area contributed by atoms with Crippen molar-refractivity contribution in [1.29, 1.82) is 0 Å². The van der Waals surface area contributed by atoms with E-state index in [9.17, 15) is 13.2 Å². The first-order valence-electron chi connectivity index (χ1n) is 7.27. The number of hydrogen-bond acceptors (Lipinski definition) is 1. The SMILES string of the molecule is CCCNC1CCC(C)(c2ccccc2C(F)(F)F)C1. The molecular formula is C16H22F3N. The molecule has 1 aromatic rings. The molecule has 1 nitrogen and oxygen atoms in total. The van der Waals surface area contributed by atoms with Crippen LogP contribution in [0.1, 0.15) is 50.7 Å². The standard InChI is InChI=1S/C16H22F3N/c1-3-10-20-12-8-9-15(2,11-12)13-6-4-5-7-14(13)16(17,18)19/h4-7,12,20H,3,8-11H2,1-2H3. The topological polar surface area (TPSA) is 12.0 Å². The van der Waals surface area contributed by atoms with Crippen molar-refractivity contribution < 1.29 is 13.2 Å². The fourth-order valence-corrected chi connectivity index (χ4v) is 3.26. The summed E-state index contributed by atoms with van der Waals surface area (Å²) < 4.78 is 39.5. The van der Waals surface area contributed by atoms with Gasteiger partial charge in [0.25, 0.3) is 0 Å². The molecule has 20 heavy (non-hydrogen) atoms. The molecule has 0 amide bonds. The van der Waals surface area contributed by atoms with Crippen molar-refractivity contribution in [1.82, 2.24) is 5.32 Å². The molecule has 2 rings (SSSR count). The summed E-state index contributed by atoms with van der Waals surface area (Å²) in [5.41, 5.74) is -0.399. The Morgan fingerprint density at radius 2 is 2.00 bits per heavy atom. The Morgan fingerprint density at radius 3 is 2.65 bits per heavy atom. The zero-order chi connectivity index (χ0) is 14.8. The summed E-state index contributed by atoms with van der Waals surface area (Å²) in [6.45, 7) is 4.99. The molecule has 4 heteroatoms. The zero-order valence-electron chi connectivity index (χ0n) is 12.1. The van der Waals surface area contributed by atoms with Gasteiger partial charge in [0.1, 0.15) is 0 Å². The van der Waals surface area contributed by atoms with Crippen LogP contribution in [0.3, 0.4) is 0 Å². The Balaban J connectivity index is 2.24.